The molecule has 38 heavy (non-hydrogen) atoms. The van der Waals surface area contributed by atoms with E-state index in [-0.39, 0.29) is 37.0 Å². The Balaban J connectivity index is 0.00000336. The smallest absolute Gasteiger partial charge is 0.408 e. The Bertz CT molecular complexity index is 1280. The van der Waals surface area contributed by atoms with E-state index < -0.39 is 23.2 Å². The molecule has 0 radical (unpaired) electrons. The molecule has 0 bridgehead atoms. The quantitative estimate of drug-likeness (QED) is 0.541. The van der Waals surface area contributed by atoms with E-state index in [1.165, 1.54) is 0 Å². The Morgan fingerprint density at radius 2 is 1.82 bits per heavy atom. The van der Waals surface area contributed by atoms with Gasteiger partial charge in [-0.1, -0.05) is 18.2 Å². The van der Waals surface area contributed by atoms with Crippen molar-refractivity contribution in [3.8, 4) is 0 Å². The van der Waals surface area contributed by atoms with Crippen molar-refractivity contribution in [3.63, 3.8) is 0 Å². The molecule has 5 rings (SSSR count). The molecule has 10 heteroatoms. The predicted octanol–water partition coefficient (Wildman–Crippen LogP) is 4.34. The van der Waals surface area contributed by atoms with E-state index in [4.69, 9.17) is 9.47 Å². The maximum atomic E-state index is 13.5. The minimum absolute atomic E-state index is 0. The maximum Gasteiger partial charge on any atom is 0.408 e. The van der Waals surface area contributed by atoms with Crippen LogP contribution >= 0.6 is 12.4 Å². The van der Waals surface area contributed by atoms with E-state index in [1.807, 2.05) is 49.5 Å². The minimum atomic E-state index is -1.00. The Morgan fingerprint density at radius 1 is 1.13 bits per heavy atom. The number of benzene rings is 1. The van der Waals surface area contributed by atoms with Gasteiger partial charge in [0, 0.05) is 54.1 Å². The van der Waals surface area contributed by atoms with E-state index in [1.54, 1.807) is 20.8 Å². The van der Waals surface area contributed by atoms with Crippen LogP contribution in [-0.4, -0.2) is 62.8 Å². The van der Waals surface area contributed by atoms with Gasteiger partial charge >= 0.3 is 12.1 Å². The van der Waals surface area contributed by atoms with Crippen LogP contribution < -0.4 is 5.32 Å². The van der Waals surface area contributed by atoms with E-state index in [0.717, 1.165) is 35.0 Å². The average Bonchev–Trinajstić information content (AvgIpc) is 3.45. The van der Waals surface area contributed by atoms with Crippen LogP contribution in [0.15, 0.2) is 36.7 Å². The van der Waals surface area contributed by atoms with Gasteiger partial charge in [-0.05, 0) is 59.4 Å². The maximum absolute atomic E-state index is 13.5. The molecule has 2 atom stereocenters. The number of hydrogen-bond acceptors (Lipinski definition) is 7. The number of ketones is 1. The second kappa shape index (κ2) is 10.2. The predicted molar refractivity (Wildman–Crippen MR) is 146 cm³/mol. The van der Waals surface area contributed by atoms with Crippen LogP contribution in [-0.2, 0) is 27.7 Å². The molecule has 2 unspecified atom stereocenters. The summed E-state index contributed by atoms with van der Waals surface area (Å²) in [5, 5.41) is 3.71. The Labute approximate surface area is 229 Å². The summed E-state index contributed by atoms with van der Waals surface area (Å²) in [6.45, 7) is 8.03. The zero-order valence-corrected chi connectivity index (χ0v) is 23.5. The number of ether oxygens (including phenoxy) is 2. The highest BCUT2D eigenvalue weighted by Gasteiger charge is 2.53. The summed E-state index contributed by atoms with van der Waals surface area (Å²) < 4.78 is 13.0. The van der Waals surface area contributed by atoms with Gasteiger partial charge in [-0.15, -0.1) is 12.4 Å². The molecule has 0 spiro atoms. The number of Topliss-reactive ketones (excluding diaryl/α,β-unsaturated/α-hetero) is 1. The fraction of sp³-hybridized carbons (Fsp3) is 0.536. The number of hydrogen-bond donors (Lipinski definition) is 1. The third kappa shape index (κ3) is 5.21. The first-order valence-corrected chi connectivity index (χ1v) is 13.0. The summed E-state index contributed by atoms with van der Waals surface area (Å²) in [4.78, 5) is 42.5. The summed E-state index contributed by atoms with van der Waals surface area (Å²) in [7, 11) is 2.04. The van der Waals surface area contributed by atoms with E-state index in [9.17, 15) is 14.4 Å². The number of aryl methyl sites for hydroxylation is 1. The largest absolute Gasteiger partial charge is 0.444 e. The molecule has 206 valence electrons. The molecule has 1 aromatic heterocycles. The lowest BCUT2D eigenvalue weighted by molar-refractivity contribution is -0.152. The highest BCUT2D eigenvalue weighted by Crippen LogP contribution is 2.38. The number of para-hydroxylation sites is 1. The number of alkyl carbamates (subject to hydrolysis) is 1. The minimum Gasteiger partial charge on any atom is -0.444 e. The van der Waals surface area contributed by atoms with Gasteiger partial charge in [-0.3, -0.25) is 4.79 Å². The molecule has 1 aromatic carbocycles. The van der Waals surface area contributed by atoms with Gasteiger partial charge in [-0.2, -0.15) is 0 Å². The molecule has 2 aliphatic carbocycles. The Kier molecular flexibility index (Phi) is 7.45. The van der Waals surface area contributed by atoms with Crippen molar-refractivity contribution in [1.29, 1.82) is 0 Å². The lowest BCUT2D eigenvalue weighted by Crippen LogP contribution is -2.47. The molecular formula is C28H37ClN4O5. The van der Waals surface area contributed by atoms with Gasteiger partial charge in [0.15, 0.2) is 12.5 Å². The summed E-state index contributed by atoms with van der Waals surface area (Å²) in [5.41, 5.74) is 1.44. The first-order chi connectivity index (χ1) is 17.5. The van der Waals surface area contributed by atoms with E-state index >= 15 is 0 Å². The van der Waals surface area contributed by atoms with Crippen LogP contribution in [0.2, 0.25) is 0 Å². The molecule has 1 saturated carbocycles. The van der Waals surface area contributed by atoms with E-state index in [2.05, 4.69) is 20.9 Å². The third-order valence-corrected chi connectivity index (χ3v) is 7.64. The van der Waals surface area contributed by atoms with Crippen LogP contribution in [0.3, 0.4) is 0 Å². The number of fused-ring (bicyclic) bond motifs is 3. The number of aromatic nitrogens is 1. The molecule has 3 aliphatic rings. The van der Waals surface area contributed by atoms with Crippen LogP contribution in [0, 0.1) is 5.92 Å². The van der Waals surface area contributed by atoms with Crippen LogP contribution in [0.5, 0.6) is 0 Å². The number of rotatable bonds is 6. The Hall–Kier alpha value is -3.20. The summed E-state index contributed by atoms with van der Waals surface area (Å²) in [6, 6.07) is 8.09. The molecule has 1 aliphatic heterocycles. The van der Waals surface area contributed by atoms with Crippen molar-refractivity contribution in [2.24, 2.45) is 13.0 Å². The lowest BCUT2D eigenvalue weighted by Gasteiger charge is -2.33. The van der Waals surface area contributed by atoms with Crippen LogP contribution in [0.25, 0.3) is 10.9 Å². The molecule has 1 fully saturated rings. The number of carbonyl (C=O) groups excluding carboxylic acids is 3. The van der Waals surface area contributed by atoms with Gasteiger partial charge in [0.2, 0.25) is 0 Å². The molecule has 9 nitrogen and oxygen atoms in total. The number of nitrogens with one attached hydrogen (secondary N) is 1. The molecule has 1 amide bonds. The van der Waals surface area contributed by atoms with Crippen molar-refractivity contribution in [2.75, 3.05) is 13.3 Å². The first kappa shape index (κ1) is 27.8. The fourth-order valence-corrected chi connectivity index (χ4v) is 5.34. The monoisotopic (exact) mass is 544 g/mol. The number of carbonyl (C=O) groups is 3. The number of halogens is 1. The second-order valence-electron chi connectivity index (χ2n) is 11.4. The van der Waals surface area contributed by atoms with Crippen molar-refractivity contribution < 1.29 is 23.9 Å². The average molecular weight is 545 g/mol. The number of nitrogens with zero attached hydrogens (tertiary/aromatic N) is 3. The number of esters is 1. The molecule has 1 N–H and O–H groups in total. The van der Waals surface area contributed by atoms with Crippen LogP contribution in [0.4, 0.5) is 4.79 Å². The van der Waals surface area contributed by atoms with Crippen LogP contribution in [0.1, 0.15) is 63.0 Å². The number of amides is 1. The van der Waals surface area contributed by atoms with E-state index in [0.29, 0.717) is 19.4 Å². The standard InChI is InChI=1S/C28H36N4O5.ClH/c1-18-31(16-19-10-11-22-23(24(19)33)20-8-6-7-9-21(20)30(22)5)14-15-32(18)17-36-25(34)28(12-13-28)29-26(35)37-27(2,3)4;/h6-9,14-15,18-19H,10-13,16-17H2,1-5H3,(H,29,35);1H. The second-order valence-corrected chi connectivity index (χ2v) is 11.4. The van der Waals surface area contributed by atoms with Crippen molar-refractivity contribution in [3.05, 3.63) is 47.9 Å². The summed E-state index contributed by atoms with van der Waals surface area (Å²) in [5.74, 6) is -0.351. The SMILES string of the molecule is CC1N(COC(=O)C2(NC(=O)OC(C)(C)C)CC2)C=CN1CC1CCc2c(c3ccccc3n2C)C1=O.Cl. The highest BCUT2D eigenvalue weighted by atomic mass is 35.5. The van der Waals surface area contributed by atoms with Gasteiger partial charge in [0.05, 0.1) is 0 Å². The van der Waals surface area contributed by atoms with Crippen molar-refractivity contribution in [2.45, 2.75) is 70.7 Å². The van der Waals surface area contributed by atoms with Gasteiger partial charge < -0.3 is 29.2 Å². The van der Waals surface area contributed by atoms with Gasteiger partial charge in [0.1, 0.15) is 17.3 Å². The lowest BCUT2D eigenvalue weighted by atomic mass is 9.84. The van der Waals surface area contributed by atoms with Gasteiger partial charge in [-0.25, -0.2) is 9.59 Å². The topological polar surface area (TPSA) is 93.1 Å². The summed E-state index contributed by atoms with van der Waals surface area (Å²) in [6.07, 6.45) is 5.90. The zero-order valence-electron chi connectivity index (χ0n) is 22.7. The summed E-state index contributed by atoms with van der Waals surface area (Å²) >= 11 is 0. The highest BCUT2D eigenvalue weighted by molar-refractivity contribution is 6.11. The molecule has 2 heterocycles. The molecular weight excluding hydrogens is 508 g/mol. The van der Waals surface area contributed by atoms with Crippen molar-refractivity contribution in [1.82, 2.24) is 19.7 Å². The zero-order chi connectivity index (χ0) is 26.5. The van der Waals surface area contributed by atoms with Gasteiger partial charge in [0.25, 0.3) is 0 Å². The third-order valence-electron chi connectivity index (χ3n) is 7.64. The first-order valence-electron chi connectivity index (χ1n) is 13.0. The normalized spacial score (nSPS) is 21.7. The molecule has 0 saturated heterocycles. The molecule has 2 aromatic rings. The fourth-order valence-electron chi connectivity index (χ4n) is 5.34. The Morgan fingerprint density at radius 3 is 2.50 bits per heavy atom. The van der Waals surface area contributed by atoms with Crippen molar-refractivity contribution >= 4 is 41.2 Å².